The highest BCUT2D eigenvalue weighted by Gasteiger charge is 2.11. The molecule has 0 aliphatic carbocycles. The second-order valence-corrected chi connectivity index (χ2v) is 6.89. The van der Waals surface area contributed by atoms with Gasteiger partial charge in [0.1, 0.15) is 5.75 Å². The number of halogens is 1. The van der Waals surface area contributed by atoms with Crippen LogP contribution in [0, 0.1) is 0 Å². The number of hydrogen-bond donors (Lipinski definition) is 1. The molecule has 8 heteroatoms. The van der Waals surface area contributed by atoms with E-state index in [0.29, 0.717) is 29.3 Å². The molecule has 0 aliphatic heterocycles. The van der Waals surface area contributed by atoms with E-state index in [1.54, 1.807) is 12.1 Å². The molecule has 0 unspecified atom stereocenters. The van der Waals surface area contributed by atoms with E-state index >= 15 is 0 Å². The lowest BCUT2D eigenvalue weighted by atomic mass is 10.2. The smallest absolute Gasteiger partial charge is 0.277 e. The first-order valence-corrected chi connectivity index (χ1v) is 9.71. The summed E-state index contributed by atoms with van der Waals surface area (Å²) < 4.78 is 11.0. The highest BCUT2D eigenvalue weighted by atomic mass is 35.5. The average molecular weight is 404 g/mol. The van der Waals surface area contributed by atoms with E-state index < -0.39 is 0 Å². The van der Waals surface area contributed by atoms with Crippen molar-refractivity contribution >= 4 is 29.3 Å². The number of ether oxygens (including phenoxy) is 1. The molecule has 1 N–H and O–H groups in total. The Balaban J connectivity index is 1.48. The van der Waals surface area contributed by atoms with Crippen molar-refractivity contribution in [3.05, 3.63) is 59.1 Å². The van der Waals surface area contributed by atoms with Crippen molar-refractivity contribution in [2.75, 3.05) is 12.4 Å². The summed E-state index contributed by atoms with van der Waals surface area (Å²) in [6.07, 6.45) is 0. The van der Waals surface area contributed by atoms with Gasteiger partial charge in [-0.05, 0) is 48.9 Å². The molecule has 27 heavy (non-hydrogen) atoms. The maximum Gasteiger partial charge on any atom is 0.277 e. The molecule has 0 atom stereocenters. The monoisotopic (exact) mass is 403 g/mol. The number of thioether (sulfide) groups is 1. The summed E-state index contributed by atoms with van der Waals surface area (Å²) in [5, 5.41) is 11.8. The number of amides is 1. The Morgan fingerprint density at radius 2 is 1.89 bits per heavy atom. The van der Waals surface area contributed by atoms with Crippen LogP contribution in [0.5, 0.6) is 5.75 Å². The van der Waals surface area contributed by atoms with Crippen LogP contribution in [0.1, 0.15) is 12.5 Å². The fourth-order valence-electron chi connectivity index (χ4n) is 2.23. The molecular formula is C19H18ClN3O3S. The average Bonchev–Trinajstić information content (AvgIpc) is 3.16. The summed E-state index contributed by atoms with van der Waals surface area (Å²) in [5.41, 5.74) is 1.78. The van der Waals surface area contributed by atoms with Crippen LogP contribution in [0.2, 0.25) is 5.02 Å². The second-order valence-electron chi connectivity index (χ2n) is 5.52. The summed E-state index contributed by atoms with van der Waals surface area (Å²) in [4.78, 5) is 12.0. The van der Waals surface area contributed by atoms with E-state index in [0.717, 1.165) is 16.9 Å². The van der Waals surface area contributed by atoms with Crippen molar-refractivity contribution in [3.63, 3.8) is 0 Å². The molecule has 6 nitrogen and oxygen atoms in total. The largest absolute Gasteiger partial charge is 0.494 e. The summed E-state index contributed by atoms with van der Waals surface area (Å²) in [7, 11) is 0. The van der Waals surface area contributed by atoms with E-state index in [1.165, 1.54) is 11.8 Å². The molecule has 0 radical (unpaired) electrons. The Bertz CT molecular complexity index is 882. The lowest BCUT2D eigenvalue weighted by Gasteiger charge is -2.04. The Morgan fingerprint density at radius 1 is 1.15 bits per heavy atom. The van der Waals surface area contributed by atoms with Gasteiger partial charge in [-0.2, -0.15) is 0 Å². The molecule has 3 rings (SSSR count). The lowest BCUT2D eigenvalue weighted by Crippen LogP contribution is -2.24. The molecule has 1 aromatic heterocycles. The molecule has 0 bridgehead atoms. The fourth-order valence-corrected chi connectivity index (χ4v) is 2.95. The Labute approximate surface area is 166 Å². The highest BCUT2D eigenvalue weighted by Crippen LogP contribution is 2.24. The van der Waals surface area contributed by atoms with Gasteiger partial charge in [0.05, 0.1) is 12.4 Å². The van der Waals surface area contributed by atoms with Crippen molar-refractivity contribution in [2.45, 2.75) is 18.7 Å². The van der Waals surface area contributed by atoms with Crippen LogP contribution in [0.4, 0.5) is 0 Å². The minimum Gasteiger partial charge on any atom is -0.494 e. The van der Waals surface area contributed by atoms with Gasteiger partial charge < -0.3 is 14.5 Å². The number of aromatic nitrogens is 2. The third-order valence-electron chi connectivity index (χ3n) is 3.55. The minimum atomic E-state index is -0.115. The van der Waals surface area contributed by atoms with Crippen LogP contribution in [-0.4, -0.2) is 28.5 Å². The molecule has 0 saturated carbocycles. The fraction of sp³-hybridized carbons (Fsp3) is 0.211. The first kappa shape index (κ1) is 19.3. The summed E-state index contributed by atoms with van der Waals surface area (Å²) in [6, 6.07) is 14.7. The van der Waals surface area contributed by atoms with Crippen molar-refractivity contribution in [1.29, 1.82) is 0 Å². The third kappa shape index (κ3) is 5.74. The molecule has 140 valence electrons. The molecule has 2 aromatic carbocycles. The molecule has 3 aromatic rings. The predicted molar refractivity (Wildman–Crippen MR) is 105 cm³/mol. The van der Waals surface area contributed by atoms with Crippen LogP contribution < -0.4 is 10.1 Å². The maximum absolute atomic E-state index is 12.0. The zero-order valence-corrected chi connectivity index (χ0v) is 16.2. The van der Waals surface area contributed by atoms with E-state index in [4.69, 9.17) is 20.8 Å². The van der Waals surface area contributed by atoms with Gasteiger partial charge in [0.2, 0.25) is 11.8 Å². The van der Waals surface area contributed by atoms with Crippen LogP contribution in [0.15, 0.2) is 58.2 Å². The van der Waals surface area contributed by atoms with Gasteiger partial charge in [0.25, 0.3) is 5.22 Å². The minimum absolute atomic E-state index is 0.115. The molecule has 0 aliphatic rings. The molecular weight excluding hydrogens is 386 g/mol. The van der Waals surface area contributed by atoms with Gasteiger partial charge in [-0.25, -0.2) is 0 Å². The predicted octanol–water partition coefficient (Wildman–Crippen LogP) is 4.20. The van der Waals surface area contributed by atoms with Gasteiger partial charge in [-0.15, -0.1) is 10.2 Å². The number of carbonyl (C=O) groups is 1. The van der Waals surface area contributed by atoms with Crippen LogP contribution in [0.3, 0.4) is 0 Å². The third-order valence-corrected chi connectivity index (χ3v) is 4.62. The van der Waals surface area contributed by atoms with Crippen molar-refractivity contribution in [2.24, 2.45) is 0 Å². The van der Waals surface area contributed by atoms with Crippen LogP contribution in [0.25, 0.3) is 11.5 Å². The lowest BCUT2D eigenvalue weighted by molar-refractivity contribution is -0.118. The van der Waals surface area contributed by atoms with Gasteiger partial charge in [-0.1, -0.05) is 35.5 Å². The van der Waals surface area contributed by atoms with Crippen molar-refractivity contribution in [3.8, 4) is 17.2 Å². The number of nitrogens with one attached hydrogen (secondary N) is 1. The first-order chi connectivity index (χ1) is 13.1. The summed E-state index contributed by atoms with van der Waals surface area (Å²) >= 11 is 7.03. The van der Waals surface area contributed by atoms with E-state index in [2.05, 4.69) is 15.5 Å². The Hall–Kier alpha value is -2.51. The van der Waals surface area contributed by atoms with E-state index in [1.807, 2.05) is 43.3 Å². The van der Waals surface area contributed by atoms with E-state index in [-0.39, 0.29) is 11.7 Å². The zero-order chi connectivity index (χ0) is 19.1. The molecule has 0 fully saturated rings. The van der Waals surface area contributed by atoms with Crippen LogP contribution >= 0.6 is 23.4 Å². The van der Waals surface area contributed by atoms with Gasteiger partial charge in [-0.3, -0.25) is 4.79 Å². The Morgan fingerprint density at radius 3 is 2.59 bits per heavy atom. The highest BCUT2D eigenvalue weighted by molar-refractivity contribution is 7.99. The quantitative estimate of drug-likeness (QED) is 0.568. The summed E-state index contributed by atoms with van der Waals surface area (Å²) in [5.74, 6) is 1.27. The van der Waals surface area contributed by atoms with Gasteiger partial charge in [0, 0.05) is 17.1 Å². The molecule has 0 spiro atoms. The number of carbonyl (C=O) groups excluding carboxylic acids is 1. The number of benzene rings is 2. The number of hydrogen-bond acceptors (Lipinski definition) is 6. The molecule has 0 saturated heterocycles. The zero-order valence-electron chi connectivity index (χ0n) is 14.6. The molecule has 1 amide bonds. The van der Waals surface area contributed by atoms with Crippen molar-refractivity contribution < 1.29 is 13.9 Å². The normalized spacial score (nSPS) is 10.6. The Kier molecular flexibility index (Phi) is 6.73. The van der Waals surface area contributed by atoms with Gasteiger partial charge >= 0.3 is 0 Å². The van der Waals surface area contributed by atoms with Crippen molar-refractivity contribution in [1.82, 2.24) is 15.5 Å². The SMILES string of the molecule is CCOc1ccc(-c2nnc(SCC(=O)NCc3ccc(Cl)cc3)o2)cc1. The van der Waals surface area contributed by atoms with E-state index in [9.17, 15) is 4.79 Å². The number of rotatable bonds is 8. The second kappa shape index (κ2) is 9.43. The topological polar surface area (TPSA) is 77.2 Å². The van der Waals surface area contributed by atoms with Crippen LogP contribution in [-0.2, 0) is 11.3 Å². The first-order valence-electron chi connectivity index (χ1n) is 8.34. The maximum atomic E-state index is 12.0. The number of nitrogens with zero attached hydrogens (tertiary/aromatic N) is 2. The molecule has 1 heterocycles. The van der Waals surface area contributed by atoms with Gasteiger partial charge in [0.15, 0.2) is 0 Å². The summed E-state index contributed by atoms with van der Waals surface area (Å²) in [6.45, 7) is 2.99. The standard InChI is InChI=1S/C19H18ClN3O3S/c1-2-25-16-9-5-14(6-10-16)18-22-23-19(26-18)27-12-17(24)21-11-13-3-7-15(20)8-4-13/h3-10H,2,11-12H2,1H3,(H,21,24).